The fourth-order valence-electron chi connectivity index (χ4n) is 2.25. The van der Waals surface area contributed by atoms with E-state index in [4.69, 9.17) is 9.47 Å². The van der Waals surface area contributed by atoms with Crippen LogP contribution in [-0.4, -0.2) is 51.3 Å². The second-order valence-corrected chi connectivity index (χ2v) is 6.45. The molecule has 1 amide bonds. The number of thiazole rings is 1. The molecule has 0 fully saturated rings. The van der Waals surface area contributed by atoms with E-state index in [2.05, 4.69) is 10.3 Å². The van der Waals surface area contributed by atoms with Gasteiger partial charge in [-0.25, -0.2) is 9.78 Å². The van der Waals surface area contributed by atoms with Crippen molar-refractivity contribution in [2.24, 2.45) is 0 Å². The number of anilines is 2. The van der Waals surface area contributed by atoms with Gasteiger partial charge in [-0.1, -0.05) is 13.0 Å². The predicted octanol–water partition coefficient (Wildman–Crippen LogP) is 2.83. The highest BCUT2D eigenvalue weighted by Gasteiger charge is 2.18. The van der Waals surface area contributed by atoms with Gasteiger partial charge in [0.25, 0.3) is 5.91 Å². The highest BCUT2D eigenvalue weighted by Crippen LogP contribution is 2.23. The summed E-state index contributed by atoms with van der Waals surface area (Å²) in [6, 6.07) is 5.31. The number of hydrogen-bond acceptors (Lipinski definition) is 7. The van der Waals surface area contributed by atoms with Crippen LogP contribution in [0, 0.1) is 0 Å². The Labute approximate surface area is 156 Å². The number of aryl methyl sites for hydroxylation is 1. The molecular weight excluding hydrogens is 354 g/mol. The van der Waals surface area contributed by atoms with Crippen LogP contribution in [0.3, 0.4) is 0 Å². The number of likely N-dealkylation sites (N-methyl/N-ethyl adjacent to an activating group) is 1. The summed E-state index contributed by atoms with van der Waals surface area (Å²) in [6.07, 6.45) is 0.779. The number of carbonyl (C=O) groups excluding carboxylic acids is 2. The molecule has 0 saturated carbocycles. The van der Waals surface area contributed by atoms with E-state index in [0.717, 1.165) is 17.1 Å². The molecule has 0 saturated heterocycles. The summed E-state index contributed by atoms with van der Waals surface area (Å²) >= 11 is 1.37. The third-order valence-corrected chi connectivity index (χ3v) is 4.78. The maximum Gasteiger partial charge on any atom is 0.339 e. The number of amides is 1. The Morgan fingerprint density at radius 2 is 2.08 bits per heavy atom. The monoisotopic (exact) mass is 377 g/mol. The molecule has 0 spiro atoms. The maximum absolute atomic E-state index is 12.5. The van der Waals surface area contributed by atoms with E-state index in [1.54, 1.807) is 24.6 Å². The van der Waals surface area contributed by atoms with E-state index in [1.165, 1.54) is 18.4 Å². The molecule has 7 nitrogen and oxygen atoms in total. The molecule has 0 unspecified atom stereocenters. The van der Waals surface area contributed by atoms with E-state index in [0.29, 0.717) is 30.1 Å². The van der Waals surface area contributed by atoms with Gasteiger partial charge in [-0.15, -0.1) is 11.3 Å². The van der Waals surface area contributed by atoms with Gasteiger partial charge in [0, 0.05) is 26.1 Å². The Hall–Kier alpha value is -2.45. The summed E-state index contributed by atoms with van der Waals surface area (Å²) in [6.45, 7) is 3.24. The average molecular weight is 377 g/mol. The molecule has 0 aliphatic rings. The Kier molecular flexibility index (Phi) is 7.11. The highest BCUT2D eigenvalue weighted by molar-refractivity contribution is 7.13. The lowest BCUT2D eigenvalue weighted by atomic mass is 10.1. The molecule has 1 aromatic carbocycles. The van der Waals surface area contributed by atoms with Gasteiger partial charge in [0.1, 0.15) is 5.69 Å². The number of rotatable bonds is 8. The zero-order chi connectivity index (χ0) is 19.1. The van der Waals surface area contributed by atoms with Crippen LogP contribution < -0.4 is 10.2 Å². The van der Waals surface area contributed by atoms with Crippen molar-refractivity contribution in [3.05, 3.63) is 40.4 Å². The van der Waals surface area contributed by atoms with Crippen LogP contribution in [0.1, 0.15) is 33.3 Å². The Balaban J connectivity index is 2.17. The van der Waals surface area contributed by atoms with E-state index in [9.17, 15) is 9.59 Å². The van der Waals surface area contributed by atoms with Crippen molar-refractivity contribution in [1.29, 1.82) is 0 Å². The van der Waals surface area contributed by atoms with Gasteiger partial charge in [-0.3, -0.25) is 4.79 Å². The maximum atomic E-state index is 12.5. The minimum absolute atomic E-state index is 0.296. The first-order valence-electron chi connectivity index (χ1n) is 8.18. The van der Waals surface area contributed by atoms with E-state index < -0.39 is 5.97 Å². The van der Waals surface area contributed by atoms with Crippen molar-refractivity contribution >= 4 is 34.0 Å². The van der Waals surface area contributed by atoms with Crippen molar-refractivity contribution in [3.8, 4) is 0 Å². The molecule has 1 aromatic heterocycles. The van der Waals surface area contributed by atoms with Crippen LogP contribution in [0.4, 0.5) is 10.8 Å². The largest absolute Gasteiger partial charge is 0.465 e. The topological polar surface area (TPSA) is 80.8 Å². The van der Waals surface area contributed by atoms with Crippen LogP contribution in [0.5, 0.6) is 0 Å². The van der Waals surface area contributed by atoms with Crippen LogP contribution in [0.2, 0.25) is 0 Å². The van der Waals surface area contributed by atoms with Crippen molar-refractivity contribution in [2.75, 3.05) is 44.6 Å². The zero-order valence-electron chi connectivity index (χ0n) is 15.4. The van der Waals surface area contributed by atoms with Gasteiger partial charge in [-0.2, -0.15) is 0 Å². The molecule has 1 N–H and O–H groups in total. The summed E-state index contributed by atoms with van der Waals surface area (Å²) in [5.74, 6) is -0.865. The average Bonchev–Trinajstić information content (AvgIpc) is 3.16. The molecular formula is C18H23N3O4S. The number of esters is 1. The number of benzene rings is 1. The van der Waals surface area contributed by atoms with Crippen LogP contribution in [0.15, 0.2) is 23.6 Å². The SMILES string of the molecule is CCc1ccc(NC(=O)c2csc(N(C)CCOC)n2)c(C(=O)OC)c1. The minimum atomic E-state index is -0.492. The van der Waals surface area contributed by atoms with Crippen molar-refractivity contribution in [3.63, 3.8) is 0 Å². The number of ether oxygens (including phenoxy) is 2. The molecule has 1 heterocycles. The molecule has 0 aliphatic carbocycles. The number of methoxy groups -OCH3 is 2. The van der Waals surface area contributed by atoms with Crippen LogP contribution in [-0.2, 0) is 15.9 Å². The second kappa shape index (κ2) is 9.30. The highest BCUT2D eigenvalue weighted by atomic mass is 32.1. The summed E-state index contributed by atoms with van der Waals surface area (Å²) in [4.78, 5) is 30.8. The third kappa shape index (κ3) is 4.80. The summed E-state index contributed by atoms with van der Waals surface area (Å²) in [7, 11) is 4.84. The number of nitrogens with one attached hydrogen (secondary N) is 1. The molecule has 0 aliphatic heterocycles. The first-order valence-corrected chi connectivity index (χ1v) is 9.06. The lowest BCUT2D eigenvalue weighted by Gasteiger charge is -2.14. The number of nitrogens with zero attached hydrogens (tertiary/aromatic N) is 2. The molecule has 0 atom stereocenters. The smallest absolute Gasteiger partial charge is 0.339 e. The number of hydrogen-bond donors (Lipinski definition) is 1. The molecule has 8 heteroatoms. The van der Waals surface area contributed by atoms with Gasteiger partial charge in [0.05, 0.1) is 25.0 Å². The Morgan fingerprint density at radius 1 is 1.31 bits per heavy atom. The van der Waals surface area contributed by atoms with E-state index in [-0.39, 0.29) is 5.91 Å². The number of carbonyl (C=O) groups is 2. The number of aromatic nitrogens is 1. The fourth-order valence-corrected chi connectivity index (χ4v) is 3.05. The first kappa shape index (κ1) is 19.9. The zero-order valence-corrected chi connectivity index (χ0v) is 16.2. The minimum Gasteiger partial charge on any atom is -0.465 e. The normalized spacial score (nSPS) is 10.5. The lowest BCUT2D eigenvalue weighted by Crippen LogP contribution is -2.22. The van der Waals surface area contributed by atoms with E-state index >= 15 is 0 Å². The molecule has 2 rings (SSSR count). The van der Waals surface area contributed by atoms with Crippen LogP contribution >= 0.6 is 11.3 Å². The Morgan fingerprint density at radius 3 is 2.73 bits per heavy atom. The summed E-state index contributed by atoms with van der Waals surface area (Å²) in [5.41, 5.74) is 2.01. The summed E-state index contributed by atoms with van der Waals surface area (Å²) < 4.78 is 9.86. The lowest BCUT2D eigenvalue weighted by molar-refractivity contribution is 0.0602. The standard InChI is InChI=1S/C18H23N3O4S/c1-5-12-6-7-14(13(10-12)17(23)25-4)19-16(22)15-11-26-18(20-15)21(2)8-9-24-3/h6-7,10-11H,5,8-9H2,1-4H3,(H,19,22). The molecule has 26 heavy (non-hydrogen) atoms. The summed E-state index contributed by atoms with van der Waals surface area (Å²) in [5, 5.41) is 5.16. The molecule has 0 bridgehead atoms. The Bertz CT molecular complexity index is 776. The van der Waals surface area contributed by atoms with Crippen molar-refractivity contribution in [2.45, 2.75) is 13.3 Å². The first-order chi connectivity index (χ1) is 12.5. The van der Waals surface area contributed by atoms with Gasteiger partial charge in [0.15, 0.2) is 5.13 Å². The molecule has 2 aromatic rings. The van der Waals surface area contributed by atoms with Gasteiger partial charge in [-0.05, 0) is 24.1 Å². The predicted molar refractivity (Wildman–Crippen MR) is 102 cm³/mol. The fraction of sp³-hybridized carbons (Fsp3) is 0.389. The second-order valence-electron chi connectivity index (χ2n) is 5.61. The van der Waals surface area contributed by atoms with Gasteiger partial charge < -0.3 is 19.7 Å². The molecule has 0 radical (unpaired) electrons. The molecule has 140 valence electrons. The van der Waals surface area contributed by atoms with Gasteiger partial charge >= 0.3 is 5.97 Å². The quantitative estimate of drug-likeness (QED) is 0.713. The van der Waals surface area contributed by atoms with Crippen LogP contribution in [0.25, 0.3) is 0 Å². The van der Waals surface area contributed by atoms with E-state index in [1.807, 2.05) is 24.9 Å². The van der Waals surface area contributed by atoms with Gasteiger partial charge in [0.2, 0.25) is 0 Å². The van der Waals surface area contributed by atoms with Crippen molar-refractivity contribution in [1.82, 2.24) is 4.98 Å². The van der Waals surface area contributed by atoms with Crippen molar-refractivity contribution < 1.29 is 19.1 Å². The third-order valence-electron chi connectivity index (χ3n) is 3.83.